The minimum absolute atomic E-state index is 0.0358. The summed E-state index contributed by atoms with van der Waals surface area (Å²) >= 11 is 0. The number of carbonyl (C=O) groups excluding carboxylic acids is 1. The predicted octanol–water partition coefficient (Wildman–Crippen LogP) is 4.48. The van der Waals surface area contributed by atoms with Crippen molar-refractivity contribution in [1.29, 1.82) is 0 Å². The van der Waals surface area contributed by atoms with E-state index >= 15 is 0 Å². The Bertz CT molecular complexity index is 712. The molecule has 1 aliphatic rings. The van der Waals surface area contributed by atoms with Crippen LogP contribution in [-0.2, 0) is 4.74 Å². The Morgan fingerprint density at radius 1 is 1.00 bits per heavy atom. The first-order valence-corrected chi connectivity index (χ1v) is 8.15. The molecule has 2 atom stereocenters. The summed E-state index contributed by atoms with van der Waals surface area (Å²) in [4.78, 5) is 22.6. The molecule has 0 radical (unpaired) electrons. The fraction of sp³-hybridized carbons (Fsp3) is 0.316. The Hall–Kier alpha value is -2.69. The first-order chi connectivity index (χ1) is 11.6. The number of carbonyl (C=O) groups is 1. The summed E-state index contributed by atoms with van der Waals surface area (Å²) in [6.45, 7) is 0. The van der Waals surface area contributed by atoms with Crippen molar-refractivity contribution in [2.45, 2.75) is 37.7 Å². The summed E-state index contributed by atoms with van der Waals surface area (Å²) in [6, 6.07) is 15.7. The molecule has 1 fully saturated rings. The molecule has 2 aromatic carbocycles. The van der Waals surface area contributed by atoms with Gasteiger partial charge in [0.15, 0.2) is 0 Å². The Balaban J connectivity index is 1.73. The van der Waals surface area contributed by atoms with Gasteiger partial charge in [-0.15, -0.1) is 0 Å². The Kier molecular flexibility index (Phi) is 4.89. The van der Waals surface area contributed by atoms with Gasteiger partial charge in [0.1, 0.15) is 6.10 Å². The van der Waals surface area contributed by atoms with Crippen LogP contribution in [0.25, 0.3) is 0 Å². The molecule has 2 aromatic rings. The molecule has 0 aromatic heterocycles. The van der Waals surface area contributed by atoms with Crippen LogP contribution in [0.15, 0.2) is 54.6 Å². The first kappa shape index (κ1) is 16.2. The number of hydrogen-bond donors (Lipinski definition) is 0. The van der Waals surface area contributed by atoms with Crippen LogP contribution < -0.4 is 0 Å². The van der Waals surface area contributed by atoms with E-state index in [4.69, 9.17) is 4.74 Å². The monoisotopic (exact) mass is 325 g/mol. The Labute approximate surface area is 140 Å². The molecule has 124 valence electrons. The van der Waals surface area contributed by atoms with E-state index in [1.807, 2.05) is 18.2 Å². The van der Waals surface area contributed by atoms with Gasteiger partial charge in [-0.3, -0.25) is 10.1 Å². The van der Waals surface area contributed by atoms with Gasteiger partial charge in [0.05, 0.1) is 10.5 Å². The molecular weight excluding hydrogens is 306 g/mol. The highest BCUT2D eigenvalue weighted by molar-refractivity contribution is 5.89. The van der Waals surface area contributed by atoms with Crippen molar-refractivity contribution in [3.8, 4) is 0 Å². The third kappa shape index (κ3) is 3.62. The van der Waals surface area contributed by atoms with E-state index in [-0.39, 0.29) is 17.7 Å². The number of rotatable bonds is 4. The Morgan fingerprint density at radius 2 is 1.67 bits per heavy atom. The van der Waals surface area contributed by atoms with Gasteiger partial charge in [0.25, 0.3) is 5.69 Å². The number of non-ortho nitro benzene ring substituents is 1. The highest BCUT2D eigenvalue weighted by Crippen LogP contribution is 2.35. The number of benzene rings is 2. The standard InChI is InChI=1S/C19H19NO4/c21-19(15-10-12-16(13-11-15)20(22)23)24-18-9-5-4-8-17(18)14-6-2-1-3-7-14/h1-3,6-7,10-13,17-18H,4-5,8-9H2/t17-,18+/m0/s1. The van der Waals surface area contributed by atoms with Crippen LogP contribution >= 0.6 is 0 Å². The fourth-order valence-electron chi connectivity index (χ4n) is 3.24. The highest BCUT2D eigenvalue weighted by atomic mass is 16.6. The number of hydrogen-bond acceptors (Lipinski definition) is 4. The van der Waals surface area contributed by atoms with Gasteiger partial charge in [0.2, 0.25) is 0 Å². The van der Waals surface area contributed by atoms with Crippen molar-refractivity contribution >= 4 is 11.7 Å². The highest BCUT2D eigenvalue weighted by Gasteiger charge is 2.29. The maximum Gasteiger partial charge on any atom is 0.338 e. The first-order valence-electron chi connectivity index (χ1n) is 8.15. The molecule has 0 aliphatic heterocycles. The summed E-state index contributed by atoms with van der Waals surface area (Å²) < 4.78 is 5.74. The molecule has 5 nitrogen and oxygen atoms in total. The average molecular weight is 325 g/mol. The second-order valence-corrected chi connectivity index (χ2v) is 6.05. The molecule has 1 saturated carbocycles. The van der Waals surface area contributed by atoms with Crippen LogP contribution in [-0.4, -0.2) is 17.0 Å². The zero-order chi connectivity index (χ0) is 16.9. The molecule has 0 N–H and O–H groups in total. The number of nitro benzene ring substituents is 1. The molecule has 0 bridgehead atoms. The zero-order valence-electron chi connectivity index (χ0n) is 13.3. The number of ether oxygens (including phenoxy) is 1. The second kappa shape index (κ2) is 7.25. The summed E-state index contributed by atoms with van der Waals surface area (Å²) in [5.74, 6) is -0.209. The van der Waals surface area contributed by atoms with Gasteiger partial charge < -0.3 is 4.74 Å². The van der Waals surface area contributed by atoms with Crippen molar-refractivity contribution in [2.24, 2.45) is 0 Å². The third-order valence-corrected chi connectivity index (χ3v) is 4.50. The number of nitrogens with zero attached hydrogens (tertiary/aromatic N) is 1. The van der Waals surface area contributed by atoms with Crippen LogP contribution in [0.4, 0.5) is 5.69 Å². The molecule has 0 unspecified atom stereocenters. The fourth-order valence-corrected chi connectivity index (χ4v) is 3.24. The van der Waals surface area contributed by atoms with E-state index in [0.29, 0.717) is 5.56 Å². The molecule has 24 heavy (non-hydrogen) atoms. The molecule has 3 rings (SSSR count). The maximum atomic E-state index is 12.4. The summed E-state index contributed by atoms with van der Waals surface area (Å²) in [5.41, 5.74) is 1.50. The summed E-state index contributed by atoms with van der Waals surface area (Å²) in [6.07, 6.45) is 3.87. The van der Waals surface area contributed by atoms with Gasteiger partial charge >= 0.3 is 5.97 Å². The predicted molar refractivity (Wildman–Crippen MR) is 90.0 cm³/mol. The average Bonchev–Trinajstić information content (AvgIpc) is 2.63. The van der Waals surface area contributed by atoms with Crippen LogP contribution in [0.1, 0.15) is 47.5 Å². The van der Waals surface area contributed by atoms with E-state index in [2.05, 4.69) is 12.1 Å². The summed E-state index contributed by atoms with van der Waals surface area (Å²) in [7, 11) is 0. The second-order valence-electron chi connectivity index (χ2n) is 6.05. The molecule has 5 heteroatoms. The third-order valence-electron chi connectivity index (χ3n) is 4.50. The van der Waals surface area contributed by atoms with Gasteiger partial charge in [0, 0.05) is 18.1 Å². The molecule has 0 amide bonds. The molecule has 0 heterocycles. The van der Waals surface area contributed by atoms with Crippen molar-refractivity contribution in [3.05, 3.63) is 75.8 Å². The zero-order valence-corrected chi connectivity index (χ0v) is 13.3. The minimum Gasteiger partial charge on any atom is -0.458 e. The van der Waals surface area contributed by atoms with Crippen molar-refractivity contribution < 1.29 is 14.5 Å². The molecular formula is C19H19NO4. The maximum absolute atomic E-state index is 12.4. The van der Waals surface area contributed by atoms with Crippen molar-refractivity contribution in [1.82, 2.24) is 0 Å². The lowest BCUT2D eigenvalue weighted by molar-refractivity contribution is -0.384. The Morgan fingerprint density at radius 3 is 2.33 bits per heavy atom. The lowest BCUT2D eigenvalue weighted by Crippen LogP contribution is -2.28. The van der Waals surface area contributed by atoms with Gasteiger partial charge in [-0.2, -0.15) is 0 Å². The van der Waals surface area contributed by atoms with E-state index < -0.39 is 10.9 Å². The lowest BCUT2D eigenvalue weighted by Gasteiger charge is -2.31. The van der Waals surface area contributed by atoms with Gasteiger partial charge in [-0.25, -0.2) is 4.79 Å². The van der Waals surface area contributed by atoms with Gasteiger partial charge in [-0.05, 0) is 37.0 Å². The SMILES string of the molecule is O=C(O[C@@H]1CCCC[C@H]1c1ccccc1)c1ccc([N+](=O)[O-])cc1. The van der Waals surface area contributed by atoms with Crippen molar-refractivity contribution in [2.75, 3.05) is 0 Å². The topological polar surface area (TPSA) is 69.4 Å². The van der Waals surface area contributed by atoms with Crippen molar-refractivity contribution in [3.63, 3.8) is 0 Å². The molecule has 1 aliphatic carbocycles. The van der Waals surface area contributed by atoms with Crippen LogP contribution in [0.2, 0.25) is 0 Å². The lowest BCUT2D eigenvalue weighted by atomic mass is 9.81. The number of nitro groups is 1. The quantitative estimate of drug-likeness (QED) is 0.472. The smallest absolute Gasteiger partial charge is 0.338 e. The summed E-state index contributed by atoms with van der Waals surface area (Å²) in [5, 5.41) is 10.7. The molecule has 0 spiro atoms. The van der Waals surface area contributed by atoms with Crippen LogP contribution in [0.5, 0.6) is 0 Å². The van der Waals surface area contributed by atoms with Crippen LogP contribution in [0.3, 0.4) is 0 Å². The van der Waals surface area contributed by atoms with Crippen LogP contribution in [0, 0.1) is 10.1 Å². The largest absolute Gasteiger partial charge is 0.458 e. The van der Waals surface area contributed by atoms with Gasteiger partial charge in [-0.1, -0.05) is 36.8 Å². The molecule has 0 saturated heterocycles. The normalized spacial score (nSPS) is 20.3. The number of esters is 1. The van der Waals surface area contributed by atoms with E-state index in [9.17, 15) is 14.9 Å². The van der Waals surface area contributed by atoms with E-state index in [1.54, 1.807) is 0 Å². The minimum atomic E-state index is -0.484. The van der Waals surface area contributed by atoms with E-state index in [0.717, 1.165) is 25.7 Å². The van der Waals surface area contributed by atoms with E-state index in [1.165, 1.54) is 29.8 Å².